The Labute approximate surface area is 213 Å². The third-order valence-electron chi connectivity index (χ3n) is 6.11. The zero-order valence-electron chi connectivity index (χ0n) is 19.4. The molecule has 1 aliphatic heterocycles. The van der Waals surface area contributed by atoms with Gasteiger partial charge in [-0.2, -0.15) is 0 Å². The first kappa shape index (κ1) is 23.5. The smallest absolute Gasteiger partial charge is 0.337 e. The number of carbonyl (C=O) groups is 2. The number of amides is 1. The topological polar surface area (TPSA) is 46.6 Å². The second-order valence-corrected chi connectivity index (χ2v) is 8.80. The van der Waals surface area contributed by atoms with E-state index in [0.29, 0.717) is 33.0 Å². The number of nitrogens with zero attached hydrogens (tertiary/aromatic N) is 1. The first-order valence-electron chi connectivity index (χ1n) is 11.3. The predicted octanol–water partition coefficient (Wildman–Crippen LogP) is 6.77. The van der Waals surface area contributed by atoms with Crippen molar-refractivity contribution in [2.24, 2.45) is 0 Å². The molecule has 36 heavy (non-hydrogen) atoms. The standard InChI is InChI=1S/C30H21ClFNO3/c1-36-30(35)22-9-5-6-19(16-22)18-33-26-15-14-24(32)17-25(26)28(29(33)34)27(20-7-3-2-4-8-20)21-10-12-23(31)13-11-21/h2-17H,18H2,1H3. The van der Waals surface area contributed by atoms with Crippen LogP contribution in [0.3, 0.4) is 0 Å². The van der Waals surface area contributed by atoms with Crippen molar-refractivity contribution < 1.29 is 18.7 Å². The normalized spacial score (nSPS) is 14.0. The molecule has 1 heterocycles. The number of esters is 1. The van der Waals surface area contributed by atoms with Crippen LogP contribution in [0.4, 0.5) is 10.1 Å². The predicted molar refractivity (Wildman–Crippen MR) is 139 cm³/mol. The molecule has 1 amide bonds. The summed E-state index contributed by atoms with van der Waals surface area (Å²) in [6.07, 6.45) is 0. The van der Waals surface area contributed by atoms with Gasteiger partial charge in [0.15, 0.2) is 0 Å². The summed E-state index contributed by atoms with van der Waals surface area (Å²) in [4.78, 5) is 27.7. The van der Waals surface area contributed by atoms with Crippen molar-refractivity contribution in [3.63, 3.8) is 0 Å². The molecule has 4 aromatic carbocycles. The monoisotopic (exact) mass is 497 g/mol. The Morgan fingerprint density at radius 3 is 2.28 bits per heavy atom. The van der Waals surface area contributed by atoms with Crippen molar-refractivity contribution in [1.82, 2.24) is 0 Å². The van der Waals surface area contributed by atoms with Gasteiger partial charge in [-0.25, -0.2) is 9.18 Å². The lowest BCUT2D eigenvalue weighted by molar-refractivity contribution is -0.113. The van der Waals surface area contributed by atoms with Crippen LogP contribution in [0.25, 0.3) is 11.1 Å². The van der Waals surface area contributed by atoms with E-state index in [9.17, 15) is 14.0 Å². The van der Waals surface area contributed by atoms with Crippen LogP contribution in [0, 0.1) is 5.82 Å². The van der Waals surface area contributed by atoms with Gasteiger partial charge in [0.05, 0.1) is 30.5 Å². The van der Waals surface area contributed by atoms with Crippen LogP contribution in [0.1, 0.15) is 32.6 Å². The summed E-state index contributed by atoms with van der Waals surface area (Å²) in [7, 11) is 1.32. The lowest BCUT2D eigenvalue weighted by atomic mass is 9.90. The van der Waals surface area contributed by atoms with Gasteiger partial charge in [-0.1, -0.05) is 66.2 Å². The van der Waals surface area contributed by atoms with Gasteiger partial charge in [-0.05, 0) is 59.2 Å². The Morgan fingerprint density at radius 2 is 1.56 bits per heavy atom. The van der Waals surface area contributed by atoms with Gasteiger partial charge in [-0.15, -0.1) is 0 Å². The second-order valence-electron chi connectivity index (χ2n) is 8.37. The lowest BCUT2D eigenvalue weighted by Crippen LogP contribution is -2.26. The molecule has 4 aromatic rings. The van der Waals surface area contributed by atoms with E-state index in [2.05, 4.69) is 0 Å². The summed E-state index contributed by atoms with van der Waals surface area (Å²) < 4.78 is 19.3. The number of hydrogen-bond acceptors (Lipinski definition) is 3. The molecular formula is C30H21ClFNO3. The Kier molecular flexibility index (Phi) is 6.40. The number of rotatable bonds is 5. The Bertz CT molecular complexity index is 1500. The summed E-state index contributed by atoms with van der Waals surface area (Å²) in [5, 5.41) is 0.576. The van der Waals surface area contributed by atoms with E-state index in [4.69, 9.17) is 16.3 Å². The minimum Gasteiger partial charge on any atom is -0.465 e. The number of methoxy groups -OCH3 is 1. The van der Waals surface area contributed by atoms with Crippen LogP contribution in [0.15, 0.2) is 97.1 Å². The molecule has 1 aliphatic rings. The molecular weight excluding hydrogens is 477 g/mol. The molecule has 5 rings (SSSR count). The van der Waals surface area contributed by atoms with Gasteiger partial charge in [0.2, 0.25) is 0 Å². The molecule has 178 valence electrons. The fourth-order valence-corrected chi connectivity index (χ4v) is 4.60. The molecule has 0 atom stereocenters. The summed E-state index contributed by atoms with van der Waals surface area (Å²) in [6.45, 7) is 0.203. The highest BCUT2D eigenvalue weighted by atomic mass is 35.5. The quantitative estimate of drug-likeness (QED) is 0.226. The zero-order valence-corrected chi connectivity index (χ0v) is 20.1. The average molecular weight is 498 g/mol. The van der Waals surface area contributed by atoms with E-state index < -0.39 is 11.8 Å². The number of anilines is 1. The highest BCUT2D eigenvalue weighted by Gasteiger charge is 2.35. The van der Waals surface area contributed by atoms with E-state index in [1.807, 2.05) is 48.5 Å². The maximum atomic E-state index is 14.5. The van der Waals surface area contributed by atoms with Gasteiger partial charge < -0.3 is 9.64 Å². The molecule has 0 aliphatic carbocycles. The Morgan fingerprint density at radius 1 is 0.861 bits per heavy atom. The van der Waals surface area contributed by atoms with Crippen molar-refractivity contribution in [2.45, 2.75) is 6.54 Å². The number of benzene rings is 4. The molecule has 6 heteroatoms. The van der Waals surface area contributed by atoms with E-state index in [0.717, 1.165) is 16.7 Å². The summed E-state index contributed by atoms with van der Waals surface area (Å²) in [5.41, 5.74) is 4.96. The van der Waals surface area contributed by atoms with Crippen molar-refractivity contribution in [1.29, 1.82) is 0 Å². The largest absolute Gasteiger partial charge is 0.465 e. The van der Waals surface area contributed by atoms with Crippen LogP contribution >= 0.6 is 11.6 Å². The highest BCUT2D eigenvalue weighted by molar-refractivity contribution is 6.39. The van der Waals surface area contributed by atoms with Crippen LogP contribution in [-0.4, -0.2) is 19.0 Å². The summed E-state index contributed by atoms with van der Waals surface area (Å²) >= 11 is 6.14. The van der Waals surface area contributed by atoms with Crippen LogP contribution in [0.2, 0.25) is 5.02 Å². The SMILES string of the molecule is COC(=O)c1cccc(CN2C(=O)C(=C(c3ccccc3)c3ccc(Cl)cc3)c3cc(F)ccc32)c1. The number of carbonyl (C=O) groups excluding carboxylic acids is 2. The number of fused-ring (bicyclic) bond motifs is 1. The number of ether oxygens (including phenoxy) is 1. The van der Waals surface area contributed by atoms with Crippen LogP contribution < -0.4 is 4.90 Å². The minimum absolute atomic E-state index is 0.203. The first-order valence-corrected chi connectivity index (χ1v) is 11.7. The molecule has 0 N–H and O–H groups in total. The maximum Gasteiger partial charge on any atom is 0.337 e. The molecule has 0 radical (unpaired) electrons. The van der Waals surface area contributed by atoms with Crippen molar-refractivity contribution in [3.05, 3.63) is 136 Å². The summed E-state index contributed by atoms with van der Waals surface area (Å²) in [6, 6.07) is 28.1. The molecule has 0 saturated carbocycles. The number of halogens is 2. The first-order chi connectivity index (χ1) is 17.5. The van der Waals surface area contributed by atoms with Crippen molar-refractivity contribution in [2.75, 3.05) is 12.0 Å². The van der Waals surface area contributed by atoms with E-state index in [-0.39, 0.29) is 12.5 Å². The third kappa shape index (κ3) is 4.41. The Hall–Kier alpha value is -4.22. The molecule has 0 bridgehead atoms. The molecule has 0 spiro atoms. The molecule has 0 fully saturated rings. The fraction of sp³-hybridized carbons (Fsp3) is 0.0667. The minimum atomic E-state index is -0.457. The van der Waals surface area contributed by atoms with Crippen LogP contribution in [-0.2, 0) is 16.1 Å². The van der Waals surface area contributed by atoms with Gasteiger partial charge in [-0.3, -0.25) is 4.79 Å². The lowest BCUT2D eigenvalue weighted by Gasteiger charge is -2.18. The summed E-state index contributed by atoms with van der Waals surface area (Å²) in [5.74, 6) is -1.15. The van der Waals surface area contributed by atoms with Crippen LogP contribution in [0.5, 0.6) is 0 Å². The second kappa shape index (κ2) is 9.80. The van der Waals surface area contributed by atoms with Gasteiger partial charge in [0, 0.05) is 16.2 Å². The van der Waals surface area contributed by atoms with E-state index in [1.165, 1.54) is 19.2 Å². The van der Waals surface area contributed by atoms with E-state index in [1.54, 1.807) is 41.3 Å². The highest BCUT2D eigenvalue weighted by Crippen LogP contribution is 2.44. The molecule has 4 nitrogen and oxygen atoms in total. The maximum absolute atomic E-state index is 14.5. The van der Waals surface area contributed by atoms with Crippen molar-refractivity contribution in [3.8, 4) is 0 Å². The van der Waals surface area contributed by atoms with Gasteiger partial charge in [0.1, 0.15) is 5.82 Å². The molecule has 0 saturated heterocycles. The fourth-order valence-electron chi connectivity index (χ4n) is 4.48. The Balaban J connectivity index is 1.69. The average Bonchev–Trinajstić information content (AvgIpc) is 3.16. The third-order valence-corrected chi connectivity index (χ3v) is 6.36. The zero-order chi connectivity index (χ0) is 25.2. The van der Waals surface area contributed by atoms with Gasteiger partial charge in [0.25, 0.3) is 5.91 Å². The number of hydrogen-bond donors (Lipinski definition) is 0. The van der Waals surface area contributed by atoms with Crippen molar-refractivity contribution >= 4 is 40.3 Å². The van der Waals surface area contributed by atoms with E-state index >= 15 is 0 Å². The van der Waals surface area contributed by atoms with Gasteiger partial charge >= 0.3 is 5.97 Å². The molecule has 0 unspecified atom stereocenters. The molecule has 0 aromatic heterocycles.